The van der Waals surface area contributed by atoms with Crippen LogP contribution in [0.2, 0.25) is 0 Å². The monoisotopic (exact) mass is 358 g/mol. The molecule has 1 aromatic heterocycles. The average molecular weight is 359 g/mol. The number of aromatic nitrogens is 1. The first kappa shape index (κ1) is 19.3. The maximum Gasteiger partial charge on any atom is 0.224 e. The quantitative estimate of drug-likeness (QED) is 0.849. The van der Waals surface area contributed by atoms with Crippen LogP contribution in [0.25, 0.3) is 0 Å². The number of nitrogens with one attached hydrogen (secondary N) is 1. The van der Waals surface area contributed by atoms with Gasteiger partial charge in [-0.05, 0) is 68.9 Å². The normalized spacial score (nSPS) is 23.3. The van der Waals surface area contributed by atoms with Crippen LogP contribution in [0, 0.1) is 11.8 Å². The number of amides is 1. The molecule has 1 aromatic rings. The minimum Gasteiger partial charge on any atom is -0.356 e. The molecule has 5 nitrogen and oxygen atoms in total. The zero-order chi connectivity index (χ0) is 18.4. The number of hydrogen-bond donors (Lipinski definition) is 1. The summed E-state index contributed by atoms with van der Waals surface area (Å²) in [6, 6.07) is 4.86. The Morgan fingerprint density at radius 3 is 2.62 bits per heavy atom. The van der Waals surface area contributed by atoms with E-state index in [0.29, 0.717) is 12.0 Å². The predicted molar refractivity (Wildman–Crippen MR) is 105 cm³/mol. The number of nitrogens with zero attached hydrogens (tertiary/aromatic N) is 3. The van der Waals surface area contributed by atoms with E-state index in [9.17, 15) is 4.79 Å². The summed E-state index contributed by atoms with van der Waals surface area (Å²) in [4.78, 5) is 21.7. The van der Waals surface area contributed by atoms with Gasteiger partial charge in [0.05, 0.1) is 5.92 Å². The SMILES string of the molecule is CC(C)CNC(=O)C1CCCN(C2CCN(Cc3ccncc3)CC2)C1. The van der Waals surface area contributed by atoms with Crippen LogP contribution in [0.15, 0.2) is 24.5 Å². The molecule has 3 rings (SSSR count). The van der Waals surface area contributed by atoms with E-state index in [4.69, 9.17) is 0 Å². The van der Waals surface area contributed by atoms with E-state index in [1.165, 1.54) is 18.4 Å². The molecule has 2 aliphatic heterocycles. The summed E-state index contributed by atoms with van der Waals surface area (Å²) >= 11 is 0. The van der Waals surface area contributed by atoms with Crippen molar-refractivity contribution in [2.45, 2.75) is 52.1 Å². The first-order valence-corrected chi connectivity index (χ1v) is 10.2. The molecule has 1 N–H and O–H groups in total. The lowest BCUT2D eigenvalue weighted by atomic mass is 9.93. The lowest BCUT2D eigenvalue weighted by Gasteiger charge is -2.42. The molecule has 0 bridgehead atoms. The fraction of sp³-hybridized carbons (Fsp3) is 0.714. The number of pyridine rings is 1. The van der Waals surface area contributed by atoms with Crippen molar-refractivity contribution < 1.29 is 4.79 Å². The molecule has 5 heteroatoms. The van der Waals surface area contributed by atoms with Crippen molar-refractivity contribution in [1.82, 2.24) is 20.1 Å². The summed E-state index contributed by atoms with van der Waals surface area (Å²) in [5, 5.41) is 3.13. The highest BCUT2D eigenvalue weighted by Crippen LogP contribution is 2.24. The van der Waals surface area contributed by atoms with E-state index in [1.807, 2.05) is 12.4 Å². The Labute approximate surface area is 158 Å². The maximum absolute atomic E-state index is 12.4. The highest BCUT2D eigenvalue weighted by molar-refractivity contribution is 5.78. The minimum atomic E-state index is 0.178. The third kappa shape index (κ3) is 5.52. The lowest BCUT2D eigenvalue weighted by molar-refractivity contribution is -0.127. The Bertz CT molecular complexity index is 554. The summed E-state index contributed by atoms with van der Waals surface area (Å²) in [5.41, 5.74) is 1.35. The van der Waals surface area contributed by atoms with Gasteiger partial charge in [-0.1, -0.05) is 13.8 Å². The fourth-order valence-corrected chi connectivity index (χ4v) is 4.19. The molecule has 1 unspecified atom stereocenters. The Balaban J connectivity index is 1.44. The molecule has 0 spiro atoms. The summed E-state index contributed by atoms with van der Waals surface area (Å²) in [6.07, 6.45) is 8.37. The van der Waals surface area contributed by atoms with Gasteiger partial charge in [-0.3, -0.25) is 19.6 Å². The summed E-state index contributed by atoms with van der Waals surface area (Å²) in [5.74, 6) is 0.958. The largest absolute Gasteiger partial charge is 0.356 e. The van der Waals surface area contributed by atoms with E-state index >= 15 is 0 Å². The number of hydrogen-bond acceptors (Lipinski definition) is 4. The Kier molecular flexibility index (Phi) is 7.03. The van der Waals surface area contributed by atoms with Gasteiger partial charge in [0.2, 0.25) is 5.91 Å². The average Bonchev–Trinajstić information content (AvgIpc) is 2.67. The molecule has 144 valence electrons. The van der Waals surface area contributed by atoms with E-state index < -0.39 is 0 Å². The van der Waals surface area contributed by atoms with Gasteiger partial charge in [-0.15, -0.1) is 0 Å². The molecule has 0 aliphatic carbocycles. The lowest BCUT2D eigenvalue weighted by Crippen LogP contribution is -2.50. The minimum absolute atomic E-state index is 0.178. The summed E-state index contributed by atoms with van der Waals surface area (Å²) in [6.45, 7) is 10.5. The van der Waals surface area contributed by atoms with Crippen LogP contribution >= 0.6 is 0 Å². The number of rotatable bonds is 6. The van der Waals surface area contributed by atoms with Crippen molar-refractivity contribution in [2.24, 2.45) is 11.8 Å². The van der Waals surface area contributed by atoms with Crippen molar-refractivity contribution in [2.75, 3.05) is 32.7 Å². The number of piperidine rings is 2. The topological polar surface area (TPSA) is 48.5 Å². The second kappa shape index (κ2) is 9.47. The summed E-state index contributed by atoms with van der Waals surface area (Å²) < 4.78 is 0. The second-order valence-corrected chi connectivity index (χ2v) is 8.34. The van der Waals surface area contributed by atoms with Crippen LogP contribution in [0.5, 0.6) is 0 Å². The van der Waals surface area contributed by atoms with Crippen molar-refractivity contribution in [1.29, 1.82) is 0 Å². The first-order chi connectivity index (χ1) is 12.6. The van der Waals surface area contributed by atoms with Crippen LogP contribution in [-0.2, 0) is 11.3 Å². The fourth-order valence-electron chi connectivity index (χ4n) is 4.19. The van der Waals surface area contributed by atoms with Gasteiger partial charge in [0.1, 0.15) is 0 Å². The van der Waals surface area contributed by atoms with E-state index in [1.54, 1.807) is 0 Å². The number of carbonyl (C=O) groups excluding carboxylic acids is 1. The molecule has 26 heavy (non-hydrogen) atoms. The first-order valence-electron chi connectivity index (χ1n) is 10.2. The standard InChI is InChI=1S/C21H34N4O/c1-17(2)14-23-21(26)19-4-3-11-25(16-19)20-7-12-24(13-8-20)15-18-5-9-22-10-6-18/h5-6,9-10,17,19-20H,3-4,7-8,11-16H2,1-2H3,(H,23,26). The molecule has 2 fully saturated rings. The van der Waals surface area contributed by atoms with Crippen LogP contribution in [-0.4, -0.2) is 59.5 Å². The maximum atomic E-state index is 12.4. The predicted octanol–water partition coefficient (Wildman–Crippen LogP) is 2.53. The van der Waals surface area contributed by atoms with Crippen LogP contribution < -0.4 is 5.32 Å². The van der Waals surface area contributed by atoms with Crippen LogP contribution in [0.4, 0.5) is 0 Å². The van der Waals surface area contributed by atoms with Crippen molar-refractivity contribution in [3.05, 3.63) is 30.1 Å². The van der Waals surface area contributed by atoms with Gasteiger partial charge in [0.25, 0.3) is 0 Å². The molecular weight excluding hydrogens is 324 g/mol. The summed E-state index contributed by atoms with van der Waals surface area (Å²) in [7, 11) is 0. The molecule has 1 amide bonds. The van der Waals surface area contributed by atoms with E-state index in [0.717, 1.165) is 52.1 Å². The number of carbonyl (C=O) groups is 1. The molecule has 0 radical (unpaired) electrons. The molecule has 3 heterocycles. The highest BCUT2D eigenvalue weighted by Gasteiger charge is 2.31. The third-order valence-corrected chi connectivity index (χ3v) is 5.74. The Hall–Kier alpha value is -1.46. The molecule has 0 saturated carbocycles. The molecular formula is C21H34N4O. The van der Waals surface area contributed by atoms with Crippen molar-refractivity contribution in [3.63, 3.8) is 0 Å². The van der Waals surface area contributed by atoms with E-state index in [-0.39, 0.29) is 11.8 Å². The van der Waals surface area contributed by atoms with Crippen LogP contribution in [0.3, 0.4) is 0 Å². The molecule has 1 atom stereocenters. The van der Waals surface area contributed by atoms with Gasteiger partial charge in [-0.25, -0.2) is 0 Å². The third-order valence-electron chi connectivity index (χ3n) is 5.74. The van der Waals surface area contributed by atoms with Gasteiger partial charge in [0.15, 0.2) is 0 Å². The second-order valence-electron chi connectivity index (χ2n) is 8.34. The Morgan fingerprint density at radius 1 is 1.19 bits per heavy atom. The molecule has 2 aliphatic rings. The molecule has 2 saturated heterocycles. The molecule has 0 aromatic carbocycles. The van der Waals surface area contributed by atoms with Gasteiger partial charge in [0, 0.05) is 38.1 Å². The Morgan fingerprint density at radius 2 is 1.92 bits per heavy atom. The van der Waals surface area contributed by atoms with Gasteiger partial charge < -0.3 is 5.32 Å². The van der Waals surface area contributed by atoms with Crippen LogP contribution in [0.1, 0.15) is 45.1 Å². The smallest absolute Gasteiger partial charge is 0.224 e. The van der Waals surface area contributed by atoms with Crippen molar-refractivity contribution in [3.8, 4) is 0 Å². The zero-order valence-electron chi connectivity index (χ0n) is 16.4. The van der Waals surface area contributed by atoms with Gasteiger partial charge in [-0.2, -0.15) is 0 Å². The zero-order valence-corrected chi connectivity index (χ0v) is 16.4. The highest BCUT2D eigenvalue weighted by atomic mass is 16.1. The van der Waals surface area contributed by atoms with Gasteiger partial charge >= 0.3 is 0 Å². The van der Waals surface area contributed by atoms with E-state index in [2.05, 4.69) is 46.1 Å². The number of likely N-dealkylation sites (tertiary alicyclic amines) is 2. The van der Waals surface area contributed by atoms with Crippen molar-refractivity contribution >= 4 is 5.91 Å².